The van der Waals surface area contributed by atoms with Gasteiger partial charge in [-0.15, -0.1) is 0 Å². The summed E-state index contributed by atoms with van der Waals surface area (Å²) < 4.78 is 6.11. The first-order valence-electron chi connectivity index (χ1n) is 7.46. The molecule has 2 aromatic rings. The van der Waals surface area contributed by atoms with Gasteiger partial charge in [-0.2, -0.15) is 14.8 Å². The quantitative estimate of drug-likeness (QED) is 0.540. The molecule has 0 unspecified atom stereocenters. The average Bonchev–Trinajstić information content (AvgIpc) is 2.89. The second kappa shape index (κ2) is 7.05. The molecule has 3 rings (SSSR count). The minimum Gasteiger partial charge on any atom is -0.394 e. The predicted molar refractivity (Wildman–Crippen MR) is 83.1 cm³/mol. The van der Waals surface area contributed by atoms with Gasteiger partial charge in [-0.05, 0) is 5.56 Å². The van der Waals surface area contributed by atoms with E-state index in [4.69, 9.17) is 9.84 Å². The van der Waals surface area contributed by atoms with Gasteiger partial charge in [-0.3, -0.25) is 0 Å². The molecule has 1 fully saturated rings. The maximum atomic E-state index is 12.1. The zero-order chi connectivity index (χ0) is 17.1. The van der Waals surface area contributed by atoms with Gasteiger partial charge in [0, 0.05) is 6.54 Å². The Morgan fingerprint density at radius 1 is 1.21 bits per heavy atom. The van der Waals surface area contributed by atoms with E-state index < -0.39 is 36.8 Å². The molecule has 9 nitrogen and oxygen atoms in total. The monoisotopic (exact) mass is 334 g/mol. The maximum Gasteiger partial charge on any atom is 0.368 e. The Labute approximate surface area is 137 Å². The zero-order valence-electron chi connectivity index (χ0n) is 12.7. The molecule has 4 atom stereocenters. The normalized spacial score (nSPS) is 26.5. The van der Waals surface area contributed by atoms with E-state index in [2.05, 4.69) is 15.4 Å². The summed E-state index contributed by atoms with van der Waals surface area (Å²) in [4.78, 5) is 15.9. The van der Waals surface area contributed by atoms with Crippen molar-refractivity contribution in [2.45, 2.75) is 31.1 Å². The van der Waals surface area contributed by atoms with Crippen LogP contribution in [0.5, 0.6) is 0 Å². The fourth-order valence-electron chi connectivity index (χ4n) is 2.48. The van der Waals surface area contributed by atoms with Crippen LogP contribution in [0.3, 0.4) is 0 Å². The van der Waals surface area contributed by atoms with Crippen molar-refractivity contribution in [1.29, 1.82) is 0 Å². The Balaban J connectivity index is 1.72. The first kappa shape index (κ1) is 16.5. The van der Waals surface area contributed by atoms with E-state index in [9.17, 15) is 15.0 Å². The fourth-order valence-corrected chi connectivity index (χ4v) is 2.48. The van der Waals surface area contributed by atoms with E-state index in [0.29, 0.717) is 6.54 Å². The van der Waals surface area contributed by atoms with Gasteiger partial charge in [-0.1, -0.05) is 30.3 Å². The molecule has 0 radical (unpaired) electrons. The molecule has 9 heteroatoms. The van der Waals surface area contributed by atoms with Gasteiger partial charge in [-0.25, -0.2) is 4.79 Å². The Kier molecular flexibility index (Phi) is 4.86. The largest absolute Gasteiger partial charge is 0.394 e. The number of benzene rings is 1. The Morgan fingerprint density at radius 3 is 2.58 bits per heavy atom. The minimum absolute atomic E-state index is 0.284. The van der Waals surface area contributed by atoms with Crippen molar-refractivity contribution >= 4 is 5.82 Å². The molecule has 1 aliphatic heterocycles. The highest BCUT2D eigenvalue weighted by Gasteiger charge is 2.44. The van der Waals surface area contributed by atoms with Gasteiger partial charge in [0.25, 0.3) is 0 Å². The third-order valence-electron chi connectivity index (χ3n) is 3.79. The smallest absolute Gasteiger partial charge is 0.368 e. The number of anilines is 1. The van der Waals surface area contributed by atoms with Crippen molar-refractivity contribution in [2.24, 2.45) is 0 Å². The highest BCUT2D eigenvalue weighted by Crippen LogP contribution is 2.27. The summed E-state index contributed by atoms with van der Waals surface area (Å²) in [5, 5.41) is 35.7. The lowest BCUT2D eigenvalue weighted by Gasteiger charge is -2.16. The molecule has 1 aromatic carbocycles. The summed E-state index contributed by atoms with van der Waals surface area (Å²) in [6.07, 6.45) is -3.52. The topological polar surface area (TPSA) is 130 Å². The van der Waals surface area contributed by atoms with Gasteiger partial charge in [0.05, 0.1) is 12.8 Å². The lowest BCUT2D eigenvalue weighted by atomic mass is 10.1. The summed E-state index contributed by atoms with van der Waals surface area (Å²) in [6, 6.07) is 9.58. The number of aromatic nitrogens is 3. The molecule has 2 heterocycles. The molecule has 0 aliphatic carbocycles. The third kappa shape index (κ3) is 3.29. The first-order chi connectivity index (χ1) is 11.6. The Hall–Kier alpha value is -2.33. The Bertz CT molecular complexity index is 738. The number of hydrogen-bond donors (Lipinski definition) is 4. The number of nitrogens with zero attached hydrogens (tertiary/aromatic N) is 3. The zero-order valence-corrected chi connectivity index (χ0v) is 12.7. The lowest BCUT2D eigenvalue weighted by Crippen LogP contribution is -2.37. The van der Waals surface area contributed by atoms with Crippen LogP contribution in [-0.2, 0) is 11.3 Å². The summed E-state index contributed by atoms with van der Waals surface area (Å²) in [5.74, 6) is 0.284. The van der Waals surface area contributed by atoms with E-state index in [0.717, 1.165) is 10.2 Å². The van der Waals surface area contributed by atoms with Gasteiger partial charge >= 0.3 is 5.69 Å². The fraction of sp³-hybridized carbons (Fsp3) is 0.400. The molecule has 0 amide bonds. The number of rotatable bonds is 5. The van der Waals surface area contributed by atoms with E-state index >= 15 is 0 Å². The molecule has 1 saturated heterocycles. The minimum atomic E-state index is -1.38. The van der Waals surface area contributed by atoms with Crippen molar-refractivity contribution in [2.75, 3.05) is 11.9 Å². The van der Waals surface area contributed by atoms with Gasteiger partial charge < -0.3 is 25.4 Å². The standard InChI is InChI=1S/C15H18N4O5/c20-8-10-12(21)13(22)14(24-10)19-15(23)18-11(7-17-19)16-6-9-4-2-1-3-5-9/h1-5,7,10,12-14,20-22H,6,8H2,(H,16,18,23)/t10-,12-,13-,14-/m1/s1. The van der Waals surface area contributed by atoms with Crippen molar-refractivity contribution in [1.82, 2.24) is 14.8 Å². The van der Waals surface area contributed by atoms with Crippen molar-refractivity contribution in [3.63, 3.8) is 0 Å². The number of ether oxygens (including phenoxy) is 1. The van der Waals surface area contributed by atoms with Crippen LogP contribution in [-0.4, -0.2) is 55.0 Å². The molecule has 24 heavy (non-hydrogen) atoms. The van der Waals surface area contributed by atoms with Crippen molar-refractivity contribution in [3.05, 3.63) is 52.6 Å². The van der Waals surface area contributed by atoms with Crippen LogP contribution in [0.1, 0.15) is 11.8 Å². The van der Waals surface area contributed by atoms with Crippen LogP contribution in [0.15, 0.2) is 41.3 Å². The Morgan fingerprint density at radius 2 is 1.96 bits per heavy atom. The van der Waals surface area contributed by atoms with Crippen LogP contribution in [0.25, 0.3) is 0 Å². The molecule has 1 aromatic heterocycles. The molecule has 1 aliphatic rings. The van der Waals surface area contributed by atoms with Gasteiger partial charge in [0.1, 0.15) is 18.3 Å². The molecule has 128 valence electrons. The first-order valence-corrected chi connectivity index (χ1v) is 7.46. The molecular weight excluding hydrogens is 316 g/mol. The van der Waals surface area contributed by atoms with Crippen LogP contribution < -0.4 is 11.0 Å². The lowest BCUT2D eigenvalue weighted by molar-refractivity contribution is -0.0616. The summed E-state index contributed by atoms with van der Waals surface area (Å²) in [6.45, 7) is 0.000444. The molecule has 0 saturated carbocycles. The van der Waals surface area contributed by atoms with Crippen LogP contribution in [0.2, 0.25) is 0 Å². The van der Waals surface area contributed by atoms with E-state index in [1.807, 2.05) is 30.3 Å². The van der Waals surface area contributed by atoms with Crippen molar-refractivity contribution in [3.8, 4) is 0 Å². The van der Waals surface area contributed by atoms with E-state index in [1.54, 1.807) is 0 Å². The van der Waals surface area contributed by atoms with E-state index in [-0.39, 0.29) is 5.82 Å². The number of aliphatic hydroxyl groups is 3. The summed E-state index contributed by atoms with van der Waals surface area (Å²) >= 11 is 0. The SMILES string of the molecule is O=c1nc(NCc2ccccc2)cnn1[C@@H]1O[C@H](CO)[C@@H](O)[C@H]1O. The van der Waals surface area contributed by atoms with E-state index in [1.165, 1.54) is 6.20 Å². The molecular formula is C15H18N4O5. The third-order valence-corrected chi connectivity index (χ3v) is 3.79. The summed E-state index contributed by atoms with van der Waals surface area (Å²) in [5.41, 5.74) is 0.287. The summed E-state index contributed by atoms with van der Waals surface area (Å²) in [7, 11) is 0. The number of hydrogen-bond acceptors (Lipinski definition) is 8. The maximum absolute atomic E-state index is 12.1. The highest BCUT2D eigenvalue weighted by atomic mass is 16.6. The van der Waals surface area contributed by atoms with Crippen molar-refractivity contribution < 1.29 is 20.1 Å². The second-order valence-corrected chi connectivity index (χ2v) is 5.44. The highest BCUT2D eigenvalue weighted by molar-refractivity contribution is 5.31. The van der Waals surface area contributed by atoms with Gasteiger partial charge in [0.2, 0.25) is 0 Å². The van der Waals surface area contributed by atoms with Crippen LogP contribution in [0.4, 0.5) is 5.82 Å². The number of nitrogens with one attached hydrogen (secondary N) is 1. The number of aliphatic hydroxyl groups excluding tert-OH is 3. The van der Waals surface area contributed by atoms with Gasteiger partial charge in [0.15, 0.2) is 12.0 Å². The van der Waals surface area contributed by atoms with Crippen LogP contribution >= 0.6 is 0 Å². The molecule has 0 bridgehead atoms. The molecule has 4 N–H and O–H groups in total. The average molecular weight is 334 g/mol. The predicted octanol–water partition coefficient (Wildman–Crippen LogP) is -1.14. The van der Waals surface area contributed by atoms with Crippen LogP contribution in [0, 0.1) is 0 Å². The molecule has 0 spiro atoms. The second-order valence-electron chi connectivity index (χ2n) is 5.44.